The molecule has 4 saturated heterocycles. The van der Waals surface area contributed by atoms with E-state index in [0.717, 1.165) is 111 Å². The highest BCUT2D eigenvalue weighted by atomic mass is 16.5. The number of nitrogens with zero attached hydrogens (tertiary/aromatic N) is 4. The molecule has 44 heavy (non-hydrogen) atoms. The third kappa shape index (κ3) is 5.17. The number of aromatic amines is 2. The van der Waals surface area contributed by atoms with Crippen molar-refractivity contribution in [3.63, 3.8) is 0 Å². The van der Waals surface area contributed by atoms with E-state index in [1.807, 2.05) is 9.80 Å². The first-order chi connectivity index (χ1) is 21.6. The molecule has 0 aliphatic carbocycles. The number of ether oxygens (including phenoxy) is 2. The minimum absolute atomic E-state index is 0.0148. The monoisotopic (exact) mass is 596 g/mol. The lowest BCUT2D eigenvalue weighted by Gasteiger charge is -2.25. The second-order valence-electron chi connectivity index (χ2n) is 12.8. The summed E-state index contributed by atoms with van der Waals surface area (Å²) >= 11 is 0. The summed E-state index contributed by atoms with van der Waals surface area (Å²) in [5.41, 5.74) is 6.38. The van der Waals surface area contributed by atoms with E-state index >= 15 is 0 Å². The summed E-state index contributed by atoms with van der Waals surface area (Å²) in [5.74, 6) is 1.97. The van der Waals surface area contributed by atoms with Gasteiger partial charge < -0.3 is 29.2 Å². The van der Waals surface area contributed by atoms with Gasteiger partial charge in [0.1, 0.15) is 23.9 Å². The first-order valence-electron chi connectivity index (χ1n) is 16.4. The van der Waals surface area contributed by atoms with Crippen LogP contribution in [0.5, 0.6) is 0 Å². The molecule has 0 bridgehead atoms. The first-order valence-corrected chi connectivity index (χ1v) is 16.4. The van der Waals surface area contributed by atoms with Crippen molar-refractivity contribution < 1.29 is 19.1 Å². The number of hydrogen-bond donors (Lipinski definition) is 2. The summed E-state index contributed by atoms with van der Waals surface area (Å²) < 4.78 is 11.4. The van der Waals surface area contributed by atoms with E-state index in [1.165, 1.54) is 11.1 Å². The van der Waals surface area contributed by atoms with E-state index in [2.05, 4.69) is 46.4 Å². The van der Waals surface area contributed by atoms with Gasteiger partial charge in [0.25, 0.3) is 11.8 Å². The molecule has 8 rings (SSSR count). The number of nitrogens with one attached hydrogen (secondary N) is 2. The Bertz CT molecular complexity index is 1560. The Morgan fingerprint density at radius 2 is 1.16 bits per heavy atom. The lowest BCUT2D eigenvalue weighted by Crippen LogP contribution is -2.38. The summed E-state index contributed by atoms with van der Waals surface area (Å²) in [7, 11) is 0. The van der Waals surface area contributed by atoms with E-state index < -0.39 is 0 Å². The Balaban J connectivity index is 0.944. The number of hydrogen-bond acceptors (Lipinski definition) is 6. The molecule has 4 aliphatic heterocycles. The molecule has 0 saturated carbocycles. The molecular weight excluding hydrogens is 556 g/mol. The molecule has 4 aromatic rings. The second kappa shape index (κ2) is 11.6. The normalized spacial score (nSPS) is 25.6. The number of carbonyl (C=O) groups excluding carboxylic acids is 2. The molecule has 10 nitrogen and oxygen atoms in total. The number of carbonyl (C=O) groups is 2. The van der Waals surface area contributed by atoms with Crippen LogP contribution >= 0.6 is 0 Å². The van der Waals surface area contributed by atoms with Crippen molar-refractivity contribution in [2.75, 3.05) is 26.3 Å². The highest BCUT2D eigenvalue weighted by Crippen LogP contribution is 2.35. The minimum Gasteiger partial charge on any atom is -0.368 e. The Hall–Kier alpha value is -3.76. The van der Waals surface area contributed by atoms with Crippen LogP contribution in [0.25, 0.3) is 22.1 Å². The van der Waals surface area contributed by atoms with Crippen LogP contribution in [0.15, 0.2) is 36.4 Å². The van der Waals surface area contributed by atoms with Crippen molar-refractivity contribution in [2.45, 2.75) is 88.5 Å². The highest BCUT2D eigenvalue weighted by Gasteiger charge is 2.38. The summed E-state index contributed by atoms with van der Waals surface area (Å²) in [4.78, 5) is 47.0. The van der Waals surface area contributed by atoms with Crippen molar-refractivity contribution in [3.05, 3.63) is 59.2 Å². The molecule has 6 heterocycles. The number of amides is 2. The van der Waals surface area contributed by atoms with Crippen molar-refractivity contribution in [1.29, 1.82) is 0 Å². The van der Waals surface area contributed by atoms with E-state index in [1.54, 1.807) is 0 Å². The van der Waals surface area contributed by atoms with Crippen LogP contribution in [0.1, 0.15) is 86.2 Å². The quantitative estimate of drug-likeness (QED) is 0.313. The van der Waals surface area contributed by atoms with Gasteiger partial charge in [0.15, 0.2) is 0 Å². The van der Waals surface area contributed by atoms with Crippen molar-refractivity contribution in [2.24, 2.45) is 0 Å². The molecule has 0 radical (unpaired) electrons. The molecule has 0 spiro atoms. The number of fused-ring (bicyclic) bond motifs is 2. The van der Waals surface area contributed by atoms with Crippen LogP contribution in [0, 0.1) is 0 Å². The Morgan fingerprint density at radius 3 is 1.59 bits per heavy atom. The van der Waals surface area contributed by atoms with Crippen molar-refractivity contribution in [3.8, 4) is 0 Å². The van der Waals surface area contributed by atoms with Gasteiger partial charge >= 0.3 is 0 Å². The van der Waals surface area contributed by atoms with Crippen molar-refractivity contribution >= 4 is 33.9 Å². The number of likely N-dealkylation sites (tertiary alicyclic amines) is 2. The summed E-state index contributed by atoms with van der Waals surface area (Å²) in [6, 6.07) is 12.8. The topological polar surface area (TPSA) is 116 Å². The fourth-order valence-corrected chi connectivity index (χ4v) is 7.61. The van der Waals surface area contributed by atoms with Gasteiger partial charge in [-0.25, -0.2) is 9.97 Å². The standard InChI is InChI=1S/C34H40N6O4/c41-33(29-7-3-17-43-29)39-15-1-5-27(39)31-35-23-13-11-21(19-25(23)37-31)9-10-22-12-14-24-26(20-22)38-32(36-24)28-6-2-16-40(28)34(42)30-8-4-18-44-30/h11-14,19-20,27-30H,1-10,15-18H2,(H,35,37)(H,36,38)/t27?,28?,29-,30-/m0/s1. The average Bonchev–Trinajstić information content (AvgIpc) is 3.89. The van der Waals surface area contributed by atoms with Gasteiger partial charge in [-0.05, 0) is 99.6 Å². The zero-order valence-electron chi connectivity index (χ0n) is 25.1. The SMILES string of the molecule is O=C([C@@H]1CCCO1)N1CCCC1c1nc2ccc(CCc3ccc4nc(C5CCCN5C(=O)[C@@H]5CCCO5)[nH]c4c3)cc2[nH]1. The number of aromatic nitrogens is 4. The third-order valence-corrected chi connectivity index (χ3v) is 9.94. The fourth-order valence-electron chi connectivity index (χ4n) is 7.61. The van der Waals surface area contributed by atoms with Gasteiger partial charge in [-0.2, -0.15) is 0 Å². The minimum atomic E-state index is -0.294. The predicted molar refractivity (Wildman–Crippen MR) is 165 cm³/mol. The molecule has 10 heteroatoms. The second-order valence-corrected chi connectivity index (χ2v) is 12.8. The smallest absolute Gasteiger partial charge is 0.252 e. The Kier molecular flexibility index (Phi) is 7.34. The zero-order valence-corrected chi connectivity index (χ0v) is 25.1. The molecule has 2 aromatic heterocycles. The first kappa shape index (κ1) is 27.8. The van der Waals surface area contributed by atoms with E-state index in [-0.39, 0.29) is 36.1 Å². The molecule has 2 N–H and O–H groups in total. The lowest BCUT2D eigenvalue weighted by atomic mass is 10.0. The molecule has 230 valence electrons. The fraction of sp³-hybridized carbons (Fsp3) is 0.529. The molecular formula is C34H40N6O4. The van der Waals surface area contributed by atoms with Gasteiger partial charge in [-0.15, -0.1) is 0 Å². The molecule has 2 unspecified atom stereocenters. The van der Waals surface area contributed by atoms with E-state index in [0.29, 0.717) is 13.2 Å². The largest absolute Gasteiger partial charge is 0.368 e. The number of rotatable bonds is 7. The number of H-pyrrole nitrogens is 2. The Morgan fingerprint density at radius 1 is 0.682 bits per heavy atom. The third-order valence-electron chi connectivity index (χ3n) is 9.94. The maximum Gasteiger partial charge on any atom is 0.252 e. The summed E-state index contributed by atoms with van der Waals surface area (Å²) in [6.45, 7) is 2.88. The lowest BCUT2D eigenvalue weighted by molar-refractivity contribution is -0.142. The van der Waals surface area contributed by atoms with Gasteiger partial charge in [-0.1, -0.05) is 12.1 Å². The van der Waals surface area contributed by atoms with E-state index in [9.17, 15) is 9.59 Å². The van der Waals surface area contributed by atoms with E-state index in [4.69, 9.17) is 19.4 Å². The highest BCUT2D eigenvalue weighted by molar-refractivity contribution is 5.83. The Labute approximate surface area is 256 Å². The van der Waals surface area contributed by atoms with Crippen LogP contribution in [-0.4, -0.2) is 80.1 Å². The molecule has 2 aromatic carbocycles. The summed E-state index contributed by atoms with van der Waals surface area (Å²) in [6.07, 6.45) is 8.57. The van der Waals surface area contributed by atoms with Crippen LogP contribution in [-0.2, 0) is 31.9 Å². The van der Waals surface area contributed by atoms with Gasteiger partial charge in [0.05, 0.1) is 34.2 Å². The number of aryl methyl sites for hydroxylation is 2. The maximum absolute atomic E-state index is 13.1. The molecule has 2 amide bonds. The molecule has 4 fully saturated rings. The predicted octanol–water partition coefficient (Wildman–Crippen LogP) is 4.91. The average molecular weight is 597 g/mol. The molecule has 4 atom stereocenters. The zero-order chi connectivity index (χ0) is 29.6. The molecule has 4 aliphatic rings. The number of benzene rings is 2. The maximum atomic E-state index is 13.1. The van der Waals surface area contributed by atoms with Crippen LogP contribution < -0.4 is 0 Å². The summed E-state index contributed by atoms with van der Waals surface area (Å²) in [5, 5.41) is 0. The van der Waals surface area contributed by atoms with Crippen molar-refractivity contribution in [1.82, 2.24) is 29.7 Å². The van der Waals surface area contributed by atoms with Crippen LogP contribution in [0.3, 0.4) is 0 Å². The number of imidazole rings is 2. The van der Waals surface area contributed by atoms with Crippen LogP contribution in [0.2, 0.25) is 0 Å². The van der Waals surface area contributed by atoms with Gasteiger partial charge in [0.2, 0.25) is 0 Å². The van der Waals surface area contributed by atoms with Crippen LogP contribution in [0.4, 0.5) is 0 Å². The van der Waals surface area contributed by atoms with Gasteiger partial charge in [0, 0.05) is 26.3 Å². The van der Waals surface area contributed by atoms with Gasteiger partial charge in [-0.3, -0.25) is 9.59 Å².